The quantitative estimate of drug-likeness (QED) is 0.0261. The first-order chi connectivity index (χ1) is 57.0. The Kier molecular flexibility index (Phi) is 34.6. The van der Waals surface area contributed by atoms with E-state index >= 15 is 0 Å². The van der Waals surface area contributed by atoms with Gasteiger partial charge in [-0.25, -0.2) is 0 Å². The maximum absolute atomic E-state index is 13.0. The van der Waals surface area contributed by atoms with Crippen LogP contribution in [0, 0.1) is 0 Å². The van der Waals surface area contributed by atoms with E-state index in [0.717, 1.165) is 8.95 Å². The lowest BCUT2D eigenvalue weighted by Gasteiger charge is -2.17. The number of benzene rings is 12. The molecule has 4 atom stereocenters. The SMILES string of the molecule is NC(=NC(=O)C(NC(=O)c1cc(Cl)cc(Cl)c1)c1cccc(Cl)c1)c1ccccc1.NC(=NC(=O)C(NC(=O)c1ccc(Cl)c(Cl)c1)c1cccc(Br)c1)c1ccccc1.NC(=NC(=O)C(NC(=O)c1ccc(Cl)cc1)c1ccc(Cl)c(Cl)c1)c1ccccc1.NC(=NC(=O)C(NC(=O)c1cccc(Cl)c1)c1cccc(Br)c1)c1ccccc1. The van der Waals surface area contributed by atoms with Gasteiger partial charge in [-0.05, 0) is 150 Å². The molecule has 0 heterocycles. The van der Waals surface area contributed by atoms with E-state index in [4.69, 9.17) is 127 Å². The van der Waals surface area contributed by atoms with Crippen molar-refractivity contribution in [3.63, 3.8) is 0 Å². The third kappa shape index (κ3) is 27.9. The number of nitrogens with one attached hydrogen (secondary N) is 4. The molecule has 20 nitrogen and oxygen atoms in total. The predicted octanol–water partition coefficient (Wildman–Crippen LogP) is 19.8. The van der Waals surface area contributed by atoms with E-state index in [1.165, 1.54) is 54.6 Å². The first-order valence-electron chi connectivity index (χ1n) is 35.1. The molecule has 602 valence electrons. The number of hydrogen-bond donors (Lipinski definition) is 8. The molecule has 0 aromatic heterocycles. The summed E-state index contributed by atoms with van der Waals surface area (Å²) in [4.78, 5) is 119. The number of hydrogen-bond acceptors (Lipinski definition) is 8. The van der Waals surface area contributed by atoms with E-state index in [0.29, 0.717) is 90.8 Å². The van der Waals surface area contributed by atoms with Crippen LogP contribution in [0.5, 0.6) is 0 Å². The smallest absolute Gasteiger partial charge is 0.274 e. The van der Waals surface area contributed by atoms with Crippen LogP contribution in [0.1, 0.15) is 110 Å². The molecule has 12 aromatic rings. The summed E-state index contributed by atoms with van der Waals surface area (Å²) in [7, 11) is 0. The van der Waals surface area contributed by atoms with E-state index < -0.39 is 71.4 Å². The van der Waals surface area contributed by atoms with Crippen molar-refractivity contribution < 1.29 is 38.4 Å². The van der Waals surface area contributed by atoms with Gasteiger partial charge >= 0.3 is 0 Å². The third-order valence-corrected chi connectivity index (χ3v) is 20.2. The second-order valence-corrected chi connectivity index (χ2v) is 30.7. The minimum atomic E-state index is -1.12. The number of carbonyl (C=O) groups is 8. The van der Waals surface area contributed by atoms with E-state index in [-0.39, 0.29) is 44.5 Å². The molecule has 0 fully saturated rings. The average molecular weight is 1900 g/mol. The Morgan fingerprint density at radius 3 is 0.874 bits per heavy atom. The van der Waals surface area contributed by atoms with Crippen molar-refractivity contribution in [2.75, 3.05) is 0 Å². The van der Waals surface area contributed by atoms with Gasteiger partial charge in [0.05, 0.1) is 20.1 Å². The van der Waals surface area contributed by atoms with Gasteiger partial charge in [0.15, 0.2) is 0 Å². The molecule has 31 heteroatoms. The van der Waals surface area contributed by atoms with E-state index in [9.17, 15) is 38.4 Å². The highest BCUT2D eigenvalue weighted by Crippen LogP contribution is 2.30. The van der Waals surface area contributed by atoms with Gasteiger partial charge in [0, 0.05) is 78.6 Å². The van der Waals surface area contributed by atoms with Crippen molar-refractivity contribution in [3.8, 4) is 0 Å². The average Bonchev–Trinajstić information content (AvgIpc) is 0.836. The van der Waals surface area contributed by atoms with Gasteiger partial charge in [0.2, 0.25) is 0 Å². The fourth-order valence-electron chi connectivity index (χ4n) is 10.7. The largest absolute Gasteiger partial charge is 0.383 e. The number of aliphatic imine (C=N–C) groups is 4. The number of nitrogens with two attached hydrogens (primary N) is 4. The monoisotopic (exact) mass is 1890 g/mol. The molecular weight excluding hydrogens is 1830 g/mol. The number of nitrogens with zero attached hydrogens (tertiary/aromatic N) is 4. The van der Waals surface area contributed by atoms with Crippen molar-refractivity contribution in [2.24, 2.45) is 42.9 Å². The Morgan fingerprint density at radius 1 is 0.235 bits per heavy atom. The maximum atomic E-state index is 13.0. The number of halogens is 11. The van der Waals surface area contributed by atoms with Gasteiger partial charge in [0.25, 0.3) is 47.3 Å². The van der Waals surface area contributed by atoms with Crippen LogP contribution in [0.25, 0.3) is 0 Å². The standard InChI is InChI=1S/C22H16BrCl2N3O2.C22H17BrClN3O2.2C22H16Cl3N3O2/c23-16-8-4-7-14(11-16)19(22(30)28-20(26)13-5-2-1-3-6-13)27-21(29)15-9-10-17(24)18(25)12-15;23-17-10-4-8-15(12-17)19(26-21(28)16-9-5-11-18(24)13-16)22(29)27-20(25)14-6-2-1-3-7-14;23-16-8-4-7-14(9-16)19(22(30)28-20(26)13-5-2-1-3-6-13)27-21(29)15-10-17(24)12-18(25)11-15;23-16-9-6-14(7-10-16)21(29)27-19(15-8-11-17(24)18(25)12-15)22(30)28-20(26)13-4-2-1-3-5-13/h1-12,19H,(H,27,29)(H2,26,28,30);1-13,19H,(H,26,28)(H2,25,27,29);2*1-12,19H,(H,27,29)(H2,26,28,30). The van der Waals surface area contributed by atoms with Crippen molar-refractivity contribution >= 4 is 207 Å². The maximum Gasteiger partial charge on any atom is 0.274 e. The number of amidine groups is 4. The fourth-order valence-corrected chi connectivity index (χ4v) is 13.2. The Labute approximate surface area is 745 Å². The summed E-state index contributed by atoms with van der Waals surface area (Å²) in [6, 6.07) is 78.1. The lowest BCUT2D eigenvalue weighted by atomic mass is 10.1. The van der Waals surface area contributed by atoms with Crippen molar-refractivity contribution in [1.82, 2.24) is 21.3 Å². The topological polar surface area (TPSA) is 338 Å². The summed E-state index contributed by atoms with van der Waals surface area (Å²) in [5.74, 6) is -4.27. The Bertz CT molecular complexity index is 5810. The first-order valence-corrected chi connectivity index (χ1v) is 40.1. The van der Waals surface area contributed by atoms with Crippen LogP contribution in [0.3, 0.4) is 0 Å². The van der Waals surface area contributed by atoms with Crippen LogP contribution in [0.2, 0.25) is 45.2 Å². The highest BCUT2D eigenvalue weighted by molar-refractivity contribution is 9.10. The molecule has 0 saturated carbocycles. The number of amides is 8. The molecule has 119 heavy (non-hydrogen) atoms. The summed E-state index contributed by atoms with van der Waals surface area (Å²) in [6.07, 6.45) is 0. The van der Waals surface area contributed by atoms with E-state index in [1.54, 1.807) is 206 Å². The van der Waals surface area contributed by atoms with Crippen LogP contribution in [0.4, 0.5) is 0 Å². The van der Waals surface area contributed by atoms with Gasteiger partial charge in [-0.3, -0.25) is 38.4 Å². The minimum Gasteiger partial charge on any atom is -0.383 e. The number of carbonyl (C=O) groups excluding carboxylic acids is 8. The zero-order valence-electron chi connectivity index (χ0n) is 61.6. The van der Waals surface area contributed by atoms with Gasteiger partial charge < -0.3 is 44.2 Å². The molecule has 0 aliphatic heterocycles. The van der Waals surface area contributed by atoms with Crippen LogP contribution >= 0.6 is 136 Å². The summed E-state index contributed by atoms with van der Waals surface area (Å²) < 4.78 is 1.52. The molecule has 0 aliphatic rings. The molecule has 12 N–H and O–H groups in total. The van der Waals surface area contributed by atoms with Crippen molar-refractivity contribution in [3.05, 3.63) is 418 Å². The lowest BCUT2D eigenvalue weighted by molar-refractivity contribution is -0.120. The molecule has 4 unspecified atom stereocenters. The first kappa shape index (κ1) is 91.5. The summed E-state index contributed by atoms with van der Waals surface area (Å²) in [5, 5.41) is 13.8. The van der Waals surface area contributed by atoms with Gasteiger partial charge in [-0.2, -0.15) is 20.0 Å². The zero-order valence-corrected chi connectivity index (χ0v) is 71.6. The fraction of sp³-hybridized carbons (Fsp3) is 0.0455. The lowest BCUT2D eigenvalue weighted by Crippen LogP contribution is -2.34. The van der Waals surface area contributed by atoms with E-state index in [2.05, 4.69) is 73.1 Å². The molecule has 0 radical (unpaired) electrons. The molecule has 0 aliphatic carbocycles. The van der Waals surface area contributed by atoms with Crippen molar-refractivity contribution in [1.29, 1.82) is 0 Å². The summed E-state index contributed by atoms with van der Waals surface area (Å²) >= 11 is 60.6. The predicted molar refractivity (Wildman–Crippen MR) is 482 cm³/mol. The second-order valence-electron chi connectivity index (χ2n) is 25.1. The zero-order chi connectivity index (χ0) is 85.8. The molecule has 0 bridgehead atoms. The van der Waals surface area contributed by atoms with Crippen molar-refractivity contribution in [2.45, 2.75) is 24.2 Å². The molecule has 12 aromatic carbocycles. The normalized spacial score (nSPS) is 12.3. The minimum absolute atomic E-state index is 0.0337. The summed E-state index contributed by atoms with van der Waals surface area (Å²) in [5.41, 5.74) is 29.5. The molecule has 12 rings (SSSR count). The molecular formula is C88H65Br2Cl9N12O8. The van der Waals surface area contributed by atoms with Crippen LogP contribution < -0.4 is 44.2 Å². The van der Waals surface area contributed by atoms with Gasteiger partial charge in [-0.15, -0.1) is 0 Å². The number of rotatable bonds is 20. The molecule has 8 amide bonds. The highest BCUT2D eigenvalue weighted by atomic mass is 79.9. The van der Waals surface area contributed by atoms with Crippen LogP contribution in [0.15, 0.2) is 326 Å². The van der Waals surface area contributed by atoms with Crippen LogP contribution in [-0.4, -0.2) is 70.6 Å². The van der Waals surface area contributed by atoms with Gasteiger partial charge in [-0.1, -0.05) is 306 Å². The third-order valence-electron chi connectivity index (χ3n) is 16.6. The van der Waals surface area contributed by atoms with Gasteiger partial charge in [0.1, 0.15) is 47.5 Å². The molecule has 0 saturated heterocycles. The molecule has 0 spiro atoms. The van der Waals surface area contributed by atoms with E-state index in [1.807, 2.05) is 36.4 Å². The Morgan fingerprint density at radius 2 is 0.521 bits per heavy atom. The van der Waals surface area contributed by atoms with Crippen LogP contribution in [-0.2, 0) is 19.2 Å². The second kappa shape index (κ2) is 45.0. The Hall–Kier alpha value is -11.4. The Balaban J connectivity index is 0.000000181. The summed E-state index contributed by atoms with van der Waals surface area (Å²) in [6.45, 7) is 0. The highest BCUT2D eigenvalue weighted by Gasteiger charge is 2.29.